The maximum absolute atomic E-state index is 12.5. The third-order valence-electron chi connectivity index (χ3n) is 4.13. The number of thioether (sulfide) groups is 1. The van der Waals surface area contributed by atoms with E-state index < -0.39 is 0 Å². The van der Waals surface area contributed by atoms with Crippen molar-refractivity contribution in [2.24, 2.45) is 0 Å². The van der Waals surface area contributed by atoms with Crippen molar-refractivity contribution in [3.8, 4) is 0 Å². The zero-order valence-electron chi connectivity index (χ0n) is 13.7. The highest BCUT2D eigenvalue weighted by Crippen LogP contribution is 2.24. The van der Waals surface area contributed by atoms with Crippen molar-refractivity contribution >= 4 is 17.7 Å². The van der Waals surface area contributed by atoms with Crippen molar-refractivity contribution < 1.29 is 9.53 Å². The second-order valence-corrected chi connectivity index (χ2v) is 6.81. The Kier molecular flexibility index (Phi) is 6.70. The van der Waals surface area contributed by atoms with Gasteiger partial charge >= 0.3 is 0 Å². The van der Waals surface area contributed by atoms with Crippen molar-refractivity contribution in [2.75, 3.05) is 19.5 Å². The number of aryl methyl sites for hydroxylation is 1. The van der Waals surface area contributed by atoms with E-state index in [2.05, 4.69) is 24.0 Å². The summed E-state index contributed by atoms with van der Waals surface area (Å²) in [6.45, 7) is 5.81. The number of rotatable bonds is 7. The van der Waals surface area contributed by atoms with Crippen molar-refractivity contribution in [1.82, 2.24) is 19.7 Å². The summed E-state index contributed by atoms with van der Waals surface area (Å²) in [5.41, 5.74) is 0. The van der Waals surface area contributed by atoms with Gasteiger partial charge in [-0.2, -0.15) is 0 Å². The molecule has 2 atom stereocenters. The van der Waals surface area contributed by atoms with Crippen LogP contribution in [0.2, 0.25) is 0 Å². The van der Waals surface area contributed by atoms with Crippen LogP contribution in [-0.4, -0.2) is 57.1 Å². The lowest BCUT2D eigenvalue weighted by atomic mass is 9.98. The van der Waals surface area contributed by atoms with Gasteiger partial charge in [0.05, 0.1) is 5.75 Å². The van der Waals surface area contributed by atoms with Crippen molar-refractivity contribution in [3.63, 3.8) is 0 Å². The van der Waals surface area contributed by atoms with E-state index in [1.54, 1.807) is 13.4 Å². The molecule has 22 heavy (non-hydrogen) atoms. The van der Waals surface area contributed by atoms with Gasteiger partial charge in [-0.15, -0.1) is 10.2 Å². The molecular weight excluding hydrogens is 300 g/mol. The number of carbonyl (C=O) groups is 1. The van der Waals surface area contributed by atoms with Crippen LogP contribution in [0.1, 0.15) is 39.5 Å². The topological polar surface area (TPSA) is 60.2 Å². The van der Waals surface area contributed by atoms with Crippen LogP contribution < -0.4 is 0 Å². The summed E-state index contributed by atoms with van der Waals surface area (Å²) < 4.78 is 7.05. The van der Waals surface area contributed by atoms with Crippen molar-refractivity contribution in [2.45, 2.75) is 63.3 Å². The van der Waals surface area contributed by atoms with Gasteiger partial charge in [0.1, 0.15) is 6.33 Å². The first kappa shape index (κ1) is 17.3. The maximum Gasteiger partial charge on any atom is 0.233 e. The summed E-state index contributed by atoms with van der Waals surface area (Å²) in [7, 11) is 1.70. The van der Waals surface area contributed by atoms with E-state index in [0.717, 1.165) is 31.0 Å². The third-order valence-corrected chi connectivity index (χ3v) is 5.10. The van der Waals surface area contributed by atoms with E-state index in [9.17, 15) is 4.79 Å². The summed E-state index contributed by atoms with van der Waals surface area (Å²) in [6.07, 6.45) is 6.06. The average Bonchev–Trinajstić information content (AvgIpc) is 2.93. The third kappa shape index (κ3) is 4.46. The Morgan fingerprint density at radius 1 is 1.41 bits per heavy atom. The fourth-order valence-electron chi connectivity index (χ4n) is 3.00. The molecule has 0 N–H and O–H groups in total. The molecule has 2 rings (SSSR count). The molecule has 6 nitrogen and oxygen atoms in total. The van der Waals surface area contributed by atoms with Crippen molar-refractivity contribution in [3.05, 3.63) is 6.33 Å². The summed E-state index contributed by atoms with van der Waals surface area (Å²) in [5.74, 6) is 0.633. The normalized spacial score (nSPS) is 22.0. The van der Waals surface area contributed by atoms with Crippen LogP contribution in [0.25, 0.3) is 0 Å². The molecule has 1 aliphatic rings. The molecule has 1 aromatic heterocycles. The van der Waals surface area contributed by atoms with Gasteiger partial charge in [-0.3, -0.25) is 4.79 Å². The number of likely N-dealkylation sites (tertiary alicyclic amines) is 1. The van der Waals surface area contributed by atoms with E-state index in [0.29, 0.717) is 24.4 Å². The summed E-state index contributed by atoms with van der Waals surface area (Å²) >= 11 is 1.47. The molecule has 0 aliphatic carbocycles. The van der Waals surface area contributed by atoms with E-state index in [4.69, 9.17) is 4.74 Å². The largest absolute Gasteiger partial charge is 0.385 e. The highest BCUT2D eigenvalue weighted by molar-refractivity contribution is 7.99. The zero-order chi connectivity index (χ0) is 15.9. The number of aromatic nitrogens is 3. The molecule has 1 fully saturated rings. The molecule has 1 saturated heterocycles. The standard InChI is InChI=1S/C15H26N4O2S/c1-12-6-4-7-13(2)19(12)14(20)10-22-15-17-16-11-18(15)8-5-9-21-3/h11-13H,4-10H2,1-3H3. The van der Waals surface area contributed by atoms with Gasteiger partial charge in [0.15, 0.2) is 5.16 Å². The Balaban J connectivity index is 1.87. The van der Waals surface area contributed by atoms with Crippen LogP contribution in [0.4, 0.5) is 0 Å². The summed E-state index contributed by atoms with van der Waals surface area (Å²) in [6, 6.07) is 0.688. The number of hydrogen-bond donors (Lipinski definition) is 0. The fraction of sp³-hybridized carbons (Fsp3) is 0.800. The average molecular weight is 326 g/mol. The first-order valence-corrected chi connectivity index (χ1v) is 8.92. The van der Waals surface area contributed by atoms with Gasteiger partial charge in [-0.25, -0.2) is 0 Å². The number of piperidine rings is 1. The molecule has 2 unspecified atom stereocenters. The van der Waals surface area contributed by atoms with Gasteiger partial charge in [-0.1, -0.05) is 11.8 Å². The van der Waals surface area contributed by atoms with Crippen LogP contribution >= 0.6 is 11.8 Å². The minimum Gasteiger partial charge on any atom is -0.385 e. The van der Waals surface area contributed by atoms with Crippen molar-refractivity contribution in [1.29, 1.82) is 0 Å². The summed E-state index contributed by atoms with van der Waals surface area (Å²) in [5, 5.41) is 8.87. The predicted molar refractivity (Wildman–Crippen MR) is 86.9 cm³/mol. The monoisotopic (exact) mass is 326 g/mol. The lowest BCUT2D eigenvalue weighted by Crippen LogP contribution is -2.48. The summed E-state index contributed by atoms with van der Waals surface area (Å²) in [4.78, 5) is 14.6. The van der Waals surface area contributed by atoms with Gasteiger partial charge in [0.2, 0.25) is 5.91 Å². The highest BCUT2D eigenvalue weighted by atomic mass is 32.2. The Morgan fingerprint density at radius 3 is 2.82 bits per heavy atom. The van der Waals surface area contributed by atoms with Gasteiger partial charge < -0.3 is 14.2 Å². The van der Waals surface area contributed by atoms with Gasteiger partial charge in [0, 0.05) is 32.3 Å². The smallest absolute Gasteiger partial charge is 0.233 e. The highest BCUT2D eigenvalue weighted by Gasteiger charge is 2.28. The molecule has 2 heterocycles. The zero-order valence-corrected chi connectivity index (χ0v) is 14.5. The minimum atomic E-state index is 0.205. The molecule has 0 saturated carbocycles. The van der Waals surface area contributed by atoms with E-state index in [1.165, 1.54) is 18.2 Å². The van der Waals surface area contributed by atoms with Crippen LogP contribution in [0.3, 0.4) is 0 Å². The molecule has 0 aromatic carbocycles. The number of carbonyl (C=O) groups excluding carboxylic acids is 1. The number of methoxy groups -OCH3 is 1. The first-order valence-electron chi connectivity index (χ1n) is 7.94. The molecule has 1 aliphatic heterocycles. The maximum atomic E-state index is 12.5. The number of ether oxygens (including phenoxy) is 1. The molecule has 7 heteroatoms. The van der Waals surface area contributed by atoms with Crippen LogP contribution in [0.5, 0.6) is 0 Å². The Morgan fingerprint density at radius 2 is 2.14 bits per heavy atom. The number of nitrogens with zero attached hydrogens (tertiary/aromatic N) is 4. The molecule has 1 aromatic rings. The quantitative estimate of drug-likeness (QED) is 0.568. The van der Waals surface area contributed by atoms with Gasteiger partial charge in [0.25, 0.3) is 0 Å². The Labute approximate surface area is 136 Å². The van der Waals surface area contributed by atoms with Crippen LogP contribution in [0.15, 0.2) is 11.5 Å². The SMILES string of the molecule is COCCCn1cnnc1SCC(=O)N1C(C)CCCC1C. The Hall–Kier alpha value is -1.08. The van der Waals surface area contributed by atoms with Gasteiger partial charge in [-0.05, 0) is 39.5 Å². The Bertz CT molecular complexity index is 470. The van der Waals surface area contributed by atoms with Crippen LogP contribution in [-0.2, 0) is 16.1 Å². The van der Waals surface area contributed by atoms with E-state index in [1.807, 2.05) is 9.47 Å². The number of amides is 1. The van der Waals surface area contributed by atoms with E-state index in [-0.39, 0.29) is 5.91 Å². The molecule has 1 amide bonds. The lowest BCUT2D eigenvalue weighted by Gasteiger charge is -2.39. The molecule has 0 bridgehead atoms. The minimum absolute atomic E-state index is 0.205. The molecule has 0 spiro atoms. The molecular formula is C15H26N4O2S. The molecule has 0 radical (unpaired) electrons. The van der Waals surface area contributed by atoms with Crippen LogP contribution in [0, 0.1) is 0 Å². The first-order chi connectivity index (χ1) is 10.6. The predicted octanol–water partition coefficient (Wildman–Crippen LogP) is 2.20. The second kappa shape index (κ2) is 8.53. The number of hydrogen-bond acceptors (Lipinski definition) is 5. The van der Waals surface area contributed by atoms with E-state index >= 15 is 0 Å². The second-order valence-electron chi connectivity index (χ2n) is 5.87. The fourth-order valence-corrected chi connectivity index (χ4v) is 3.81. The lowest BCUT2D eigenvalue weighted by molar-refractivity contribution is -0.134. The molecule has 124 valence electrons.